The highest BCUT2D eigenvalue weighted by Gasteiger charge is 2.28. The maximum atomic E-state index is 13.7. The normalized spacial score (nSPS) is 14.2. The molecule has 2 heterocycles. The molecule has 0 spiro atoms. The minimum atomic E-state index is -0.886. The number of carbonyl (C=O) groups excluding carboxylic acids is 1. The van der Waals surface area contributed by atoms with Crippen molar-refractivity contribution in [1.29, 1.82) is 0 Å². The first-order valence-corrected chi connectivity index (χ1v) is 8.43. The van der Waals surface area contributed by atoms with Crippen LogP contribution >= 0.6 is 11.8 Å². The van der Waals surface area contributed by atoms with Crippen molar-refractivity contribution in [2.24, 2.45) is 0 Å². The predicted octanol–water partition coefficient (Wildman–Crippen LogP) is 3.38. The molecule has 1 aliphatic carbocycles. The van der Waals surface area contributed by atoms with Crippen LogP contribution in [0.4, 0.5) is 8.78 Å². The van der Waals surface area contributed by atoms with E-state index in [1.54, 1.807) is 6.07 Å². The third kappa shape index (κ3) is 2.77. The highest BCUT2D eigenvalue weighted by Crippen LogP contribution is 2.38. The second-order valence-corrected chi connectivity index (χ2v) is 6.60. The number of thioether (sulfide) groups is 1. The zero-order chi connectivity index (χ0) is 16.7. The highest BCUT2D eigenvalue weighted by atomic mass is 32.2. The number of benzene rings is 1. The van der Waals surface area contributed by atoms with Gasteiger partial charge in [0.25, 0.3) is 5.78 Å². The molecule has 4 rings (SSSR count). The topological polar surface area (TPSA) is 60.2 Å². The summed E-state index contributed by atoms with van der Waals surface area (Å²) in [5, 5.41) is 4.33. The highest BCUT2D eigenvalue weighted by molar-refractivity contribution is 7.98. The van der Waals surface area contributed by atoms with E-state index in [0.717, 1.165) is 30.7 Å². The van der Waals surface area contributed by atoms with Gasteiger partial charge in [-0.15, -0.1) is 16.9 Å². The second-order valence-electron chi connectivity index (χ2n) is 5.59. The summed E-state index contributed by atoms with van der Waals surface area (Å²) < 4.78 is 28.4. The molecule has 24 heavy (non-hydrogen) atoms. The van der Waals surface area contributed by atoms with Crippen LogP contribution in [0, 0.1) is 11.6 Å². The molecule has 0 saturated heterocycles. The number of carbonyl (C=O) groups is 1. The molecule has 0 unspecified atom stereocenters. The molecule has 1 saturated carbocycles. The van der Waals surface area contributed by atoms with Crippen LogP contribution < -0.4 is 0 Å². The Morgan fingerprint density at radius 3 is 2.88 bits per heavy atom. The molecule has 1 fully saturated rings. The van der Waals surface area contributed by atoms with Gasteiger partial charge in [0.2, 0.25) is 0 Å². The Morgan fingerprint density at radius 2 is 2.12 bits per heavy atom. The lowest BCUT2D eigenvalue weighted by Gasteiger charge is -2.05. The third-order valence-corrected chi connectivity index (χ3v) is 4.83. The Morgan fingerprint density at radius 1 is 1.29 bits per heavy atom. The Hall–Kier alpha value is -2.35. The number of halogens is 2. The van der Waals surface area contributed by atoms with Gasteiger partial charge in [0.1, 0.15) is 5.69 Å². The molecule has 0 atom stereocenters. The van der Waals surface area contributed by atoms with Crippen LogP contribution in [-0.2, 0) is 5.75 Å². The van der Waals surface area contributed by atoms with Crippen molar-refractivity contribution in [2.45, 2.75) is 29.4 Å². The summed E-state index contributed by atoms with van der Waals surface area (Å²) in [4.78, 5) is 20.3. The second kappa shape index (κ2) is 5.94. The van der Waals surface area contributed by atoms with Crippen LogP contribution in [0.5, 0.6) is 0 Å². The van der Waals surface area contributed by atoms with Gasteiger partial charge in [-0.3, -0.25) is 4.79 Å². The molecule has 5 nitrogen and oxygen atoms in total. The van der Waals surface area contributed by atoms with Crippen molar-refractivity contribution in [3.8, 4) is 0 Å². The zero-order valence-corrected chi connectivity index (χ0v) is 13.3. The summed E-state index contributed by atoms with van der Waals surface area (Å²) in [6.07, 6.45) is 2.79. The van der Waals surface area contributed by atoms with E-state index in [9.17, 15) is 13.6 Å². The fourth-order valence-electron chi connectivity index (χ4n) is 2.38. The number of rotatable bonds is 5. The molecule has 122 valence electrons. The molecule has 8 heteroatoms. The van der Waals surface area contributed by atoms with Gasteiger partial charge in [0.05, 0.1) is 5.69 Å². The van der Waals surface area contributed by atoms with Crippen molar-refractivity contribution < 1.29 is 13.6 Å². The standard InChI is InChI=1S/C16H12F2N4OS/c17-12-2-1-3-13(14(12)18)24-8-10-6-11(7-23)22-16(19-10)20-15(21-22)9-4-5-9/h1-3,6-7,9H,4-5,8H2. The first kappa shape index (κ1) is 15.2. The van der Waals surface area contributed by atoms with E-state index in [1.807, 2.05) is 0 Å². The van der Waals surface area contributed by atoms with Crippen LogP contribution in [0.1, 0.15) is 40.8 Å². The lowest BCUT2D eigenvalue weighted by atomic mass is 10.3. The Kier molecular flexibility index (Phi) is 3.76. The quantitative estimate of drug-likeness (QED) is 0.523. The SMILES string of the molecule is O=Cc1cc(CSc2cccc(F)c2F)nc2nc(C3CC3)nn12. The fourth-order valence-corrected chi connectivity index (χ4v) is 3.23. The van der Waals surface area contributed by atoms with Crippen molar-refractivity contribution in [1.82, 2.24) is 19.6 Å². The van der Waals surface area contributed by atoms with Crippen LogP contribution in [0.3, 0.4) is 0 Å². The van der Waals surface area contributed by atoms with E-state index < -0.39 is 11.6 Å². The van der Waals surface area contributed by atoms with Crippen molar-refractivity contribution >= 4 is 23.8 Å². The molecule has 0 N–H and O–H groups in total. The van der Waals surface area contributed by atoms with E-state index in [1.165, 1.54) is 16.6 Å². The first-order chi connectivity index (χ1) is 11.7. The number of nitrogens with zero attached hydrogens (tertiary/aromatic N) is 4. The van der Waals surface area contributed by atoms with Crippen molar-refractivity contribution in [3.63, 3.8) is 0 Å². The lowest BCUT2D eigenvalue weighted by molar-refractivity contribution is 0.111. The van der Waals surface area contributed by atoms with E-state index in [2.05, 4.69) is 15.1 Å². The van der Waals surface area contributed by atoms with Gasteiger partial charge in [-0.2, -0.15) is 9.50 Å². The smallest absolute Gasteiger partial charge is 0.253 e. The summed E-state index contributed by atoms with van der Waals surface area (Å²) in [6.45, 7) is 0. The fraction of sp³-hybridized carbons (Fsp3) is 0.250. The van der Waals surface area contributed by atoms with Gasteiger partial charge in [-0.25, -0.2) is 13.8 Å². The molecule has 0 radical (unpaired) electrons. The molecular weight excluding hydrogens is 334 g/mol. The monoisotopic (exact) mass is 346 g/mol. The summed E-state index contributed by atoms with van der Waals surface area (Å²) >= 11 is 1.12. The average molecular weight is 346 g/mol. The van der Waals surface area contributed by atoms with Gasteiger partial charge >= 0.3 is 0 Å². The van der Waals surface area contributed by atoms with E-state index in [4.69, 9.17) is 0 Å². The summed E-state index contributed by atoms with van der Waals surface area (Å²) in [7, 11) is 0. The Balaban J connectivity index is 1.64. The molecule has 3 aromatic rings. The Labute approximate surface area is 140 Å². The summed E-state index contributed by atoms with van der Waals surface area (Å²) in [6, 6.07) is 5.62. The van der Waals surface area contributed by atoms with Crippen LogP contribution in [0.15, 0.2) is 29.2 Å². The molecule has 1 aliphatic rings. The minimum absolute atomic E-state index is 0.199. The van der Waals surface area contributed by atoms with Gasteiger partial charge in [0, 0.05) is 16.6 Å². The predicted molar refractivity (Wildman–Crippen MR) is 84.1 cm³/mol. The minimum Gasteiger partial charge on any atom is -0.296 e. The molecule has 0 aliphatic heterocycles. The molecular formula is C16H12F2N4OS. The van der Waals surface area contributed by atoms with Gasteiger partial charge in [-0.1, -0.05) is 6.07 Å². The molecule has 0 bridgehead atoms. The number of aldehydes is 1. The average Bonchev–Trinajstić information content (AvgIpc) is 3.35. The Bertz CT molecular complexity index is 939. The maximum Gasteiger partial charge on any atom is 0.253 e. The maximum absolute atomic E-state index is 13.7. The van der Waals surface area contributed by atoms with Crippen molar-refractivity contribution in [3.05, 3.63) is 53.1 Å². The molecule has 0 amide bonds. The summed E-state index contributed by atoms with van der Waals surface area (Å²) in [5.41, 5.74) is 0.905. The number of hydrogen-bond acceptors (Lipinski definition) is 5. The van der Waals surface area contributed by atoms with Crippen LogP contribution in [0.25, 0.3) is 5.78 Å². The van der Waals surface area contributed by atoms with E-state index in [-0.39, 0.29) is 4.90 Å². The number of aromatic nitrogens is 4. The van der Waals surface area contributed by atoms with Gasteiger partial charge in [0.15, 0.2) is 23.7 Å². The first-order valence-electron chi connectivity index (χ1n) is 7.44. The lowest BCUT2D eigenvalue weighted by Crippen LogP contribution is -2.02. The number of hydrogen-bond donors (Lipinski definition) is 0. The van der Waals surface area contributed by atoms with Gasteiger partial charge in [-0.05, 0) is 31.0 Å². The van der Waals surface area contributed by atoms with Crippen molar-refractivity contribution in [2.75, 3.05) is 0 Å². The zero-order valence-electron chi connectivity index (χ0n) is 12.4. The van der Waals surface area contributed by atoms with Gasteiger partial charge < -0.3 is 0 Å². The largest absolute Gasteiger partial charge is 0.296 e. The van der Waals surface area contributed by atoms with Crippen LogP contribution in [-0.4, -0.2) is 25.9 Å². The van der Waals surface area contributed by atoms with Crippen LogP contribution in [0.2, 0.25) is 0 Å². The van der Waals surface area contributed by atoms with E-state index >= 15 is 0 Å². The molecule has 1 aromatic carbocycles. The van der Waals surface area contributed by atoms with E-state index in [0.29, 0.717) is 40.9 Å². The third-order valence-electron chi connectivity index (χ3n) is 3.76. The number of fused-ring (bicyclic) bond motifs is 1. The summed E-state index contributed by atoms with van der Waals surface area (Å²) in [5.74, 6) is -0.0569. The molecule has 2 aromatic heterocycles.